The molecule has 5 rings (SSSR count). The molecule has 4 aliphatic carbocycles. The van der Waals surface area contributed by atoms with E-state index in [9.17, 15) is 4.79 Å². The Balaban J connectivity index is 1.28. The SMILES string of the molecule is NC(=O)C1CC2CCC3Cc4cccc(c4C3)CCCCCC3=CCC(=C3)CCCC1C2. The van der Waals surface area contributed by atoms with Gasteiger partial charge in [-0.05, 0) is 118 Å². The number of allylic oxidation sites excluding steroid dienone is 4. The summed E-state index contributed by atoms with van der Waals surface area (Å²) < 4.78 is 0. The zero-order chi connectivity index (χ0) is 21.9. The largest absolute Gasteiger partial charge is 0.369 e. The Kier molecular flexibility index (Phi) is 6.85. The van der Waals surface area contributed by atoms with Gasteiger partial charge in [0.1, 0.15) is 0 Å². The van der Waals surface area contributed by atoms with Crippen LogP contribution in [0.2, 0.25) is 0 Å². The number of primary amides is 1. The number of rotatable bonds is 1. The van der Waals surface area contributed by atoms with Gasteiger partial charge in [-0.15, -0.1) is 0 Å². The lowest BCUT2D eigenvalue weighted by atomic mass is 9.89. The van der Waals surface area contributed by atoms with Crippen molar-refractivity contribution in [1.82, 2.24) is 0 Å². The van der Waals surface area contributed by atoms with Gasteiger partial charge >= 0.3 is 0 Å². The van der Waals surface area contributed by atoms with Crippen LogP contribution in [0.3, 0.4) is 0 Å². The van der Waals surface area contributed by atoms with Crippen molar-refractivity contribution in [2.45, 2.75) is 96.3 Å². The number of carbonyl (C=O) groups excluding carboxylic acids is 1. The van der Waals surface area contributed by atoms with E-state index in [1.54, 1.807) is 27.8 Å². The predicted octanol–water partition coefficient (Wildman–Crippen LogP) is 6.85. The average molecular weight is 432 g/mol. The van der Waals surface area contributed by atoms with E-state index in [2.05, 4.69) is 30.4 Å². The molecule has 6 bridgehead atoms. The molecule has 2 nitrogen and oxygen atoms in total. The Morgan fingerprint density at radius 2 is 1.69 bits per heavy atom. The summed E-state index contributed by atoms with van der Waals surface area (Å²) in [5.41, 5.74) is 13.9. The van der Waals surface area contributed by atoms with Crippen molar-refractivity contribution in [3.63, 3.8) is 0 Å². The van der Waals surface area contributed by atoms with Gasteiger partial charge in [0.15, 0.2) is 0 Å². The maximum absolute atomic E-state index is 12.2. The predicted molar refractivity (Wildman–Crippen MR) is 132 cm³/mol. The molecule has 172 valence electrons. The van der Waals surface area contributed by atoms with Crippen LogP contribution >= 0.6 is 0 Å². The van der Waals surface area contributed by atoms with E-state index in [-0.39, 0.29) is 11.8 Å². The highest BCUT2D eigenvalue weighted by atomic mass is 16.1. The number of benzene rings is 1. The highest BCUT2D eigenvalue weighted by Crippen LogP contribution is 2.43. The van der Waals surface area contributed by atoms with Gasteiger partial charge in [0, 0.05) is 5.92 Å². The summed E-state index contributed by atoms with van der Waals surface area (Å²) >= 11 is 0. The summed E-state index contributed by atoms with van der Waals surface area (Å²) in [4.78, 5) is 12.2. The Hall–Kier alpha value is -1.83. The number of hydrogen-bond donors (Lipinski definition) is 1. The molecule has 0 aromatic heterocycles. The maximum atomic E-state index is 12.2. The second-order valence-electron chi connectivity index (χ2n) is 11.3. The van der Waals surface area contributed by atoms with Gasteiger partial charge in [-0.1, -0.05) is 54.3 Å². The fourth-order valence-electron chi connectivity index (χ4n) is 7.27. The third-order valence-corrected chi connectivity index (χ3v) is 9.01. The first-order valence-corrected chi connectivity index (χ1v) is 13.4. The van der Waals surface area contributed by atoms with Crippen LogP contribution < -0.4 is 5.73 Å². The molecule has 32 heavy (non-hydrogen) atoms. The van der Waals surface area contributed by atoms with E-state index in [4.69, 9.17) is 5.73 Å². The van der Waals surface area contributed by atoms with Gasteiger partial charge in [0.25, 0.3) is 0 Å². The molecule has 1 aromatic carbocycles. The molecule has 0 radical (unpaired) electrons. The van der Waals surface area contributed by atoms with Crippen LogP contribution in [-0.2, 0) is 24.1 Å². The molecular weight excluding hydrogens is 390 g/mol. The van der Waals surface area contributed by atoms with Crippen molar-refractivity contribution in [3.8, 4) is 0 Å². The monoisotopic (exact) mass is 431 g/mol. The zero-order valence-electron chi connectivity index (χ0n) is 19.8. The highest BCUT2D eigenvalue weighted by Gasteiger charge is 2.37. The molecule has 0 saturated heterocycles. The molecule has 4 atom stereocenters. The number of hydrogen-bond acceptors (Lipinski definition) is 1. The normalized spacial score (nSPS) is 31.1. The molecule has 4 aliphatic rings. The van der Waals surface area contributed by atoms with E-state index in [0.717, 1.165) is 18.8 Å². The number of amides is 1. The van der Waals surface area contributed by atoms with Crippen LogP contribution in [0.4, 0.5) is 0 Å². The van der Waals surface area contributed by atoms with Gasteiger partial charge in [-0.25, -0.2) is 0 Å². The molecule has 1 fully saturated rings. The smallest absolute Gasteiger partial charge is 0.220 e. The van der Waals surface area contributed by atoms with E-state index in [1.165, 1.54) is 83.5 Å². The molecule has 0 spiro atoms. The Morgan fingerprint density at radius 1 is 0.844 bits per heavy atom. The van der Waals surface area contributed by atoms with E-state index >= 15 is 0 Å². The number of fused-ring (bicyclic) bond motifs is 4. The molecule has 0 heterocycles. The topological polar surface area (TPSA) is 43.1 Å². The lowest BCUT2D eigenvalue weighted by Gasteiger charge is -2.16. The van der Waals surface area contributed by atoms with Crippen LogP contribution in [0.1, 0.15) is 93.7 Å². The van der Waals surface area contributed by atoms with Gasteiger partial charge in [-0.3, -0.25) is 4.79 Å². The quantitative estimate of drug-likeness (QED) is 0.519. The summed E-state index contributed by atoms with van der Waals surface area (Å²) in [7, 11) is 0. The second kappa shape index (κ2) is 9.98. The van der Waals surface area contributed by atoms with Crippen molar-refractivity contribution < 1.29 is 4.79 Å². The average Bonchev–Trinajstić information content (AvgIpc) is 3.50. The standard InChI is InChI=1S/C30H41NO/c31-30(32)29-20-24-15-14-23-17-26-11-5-9-25(28(26)19-23)8-3-1-2-6-21-12-13-22(16-21)7-4-10-27(29)18-24/h5,9,11-12,16,23-24,27,29H,1-4,6-8,10,13-15,17-20H2,(H2,31,32). The molecule has 1 amide bonds. The number of aryl methyl sites for hydroxylation is 1. The molecule has 1 saturated carbocycles. The summed E-state index contributed by atoms with van der Waals surface area (Å²) in [6, 6.07) is 7.06. The fourth-order valence-corrected chi connectivity index (χ4v) is 7.27. The van der Waals surface area contributed by atoms with Crippen LogP contribution in [0.5, 0.6) is 0 Å². The van der Waals surface area contributed by atoms with Crippen molar-refractivity contribution in [3.05, 3.63) is 58.2 Å². The Bertz CT molecular complexity index is 894. The van der Waals surface area contributed by atoms with Gasteiger partial charge in [0.05, 0.1) is 0 Å². The summed E-state index contributed by atoms with van der Waals surface area (Å²) in [6.45, 7) is 0. The Morgan fingerprint density at radius 3 is 2.59 bits per heavy atom. The first-order chi connectivity index (χ1) is 15.7. The molecular formula is C30H41NO. The minimum atomic E-state index is -0.0437. The first kappa shape index (κ1) is 22.0. The third-order valence-electron chi connectivity index (χ3n) is 9.01. The molecule has 1 aromatic rings. The molecule has 0 aliphatic heterocycles. The summed E-state index contributed by atoms with van der Waals surface area (Å²) in [6.07, 6.45) is 23.6. The van der Waals surface area contributed by atoms with E-state index in [0.29, 0.717) is 11.8 Å². The van der Waals surface area contributed by atoms with Crippen molar-refractivity contribution in [2.24, 2.45) is 29.4 Å². The van der Waals surface area contributed by atoms with E-state index in [1.807, 2.05) is 0 Å². The van der Waals surface area contributed by atoms with Crippen LogP contribution in [0.15, 0.2) is 41.5 Å². The van der Waals surface area contributed by atoms with Crippen molar-refractivity contribution in [2.75, 3.05) is 0 Å². The molecule has 2 heteroatoms. The highest BCUT2D eigenvalue weighted by molar-refractivity contribution is 5.77. The molecule has 2 N–H and O–H groups in total. The van der Waals surface area contributed by atoms with Crippen molar-refractivity contribution >= 4 is 5.91 Å². The first-order valence-electron chi connectivity index (χ1n) is 13.4. The lowest BCUT2D eigenvalue weighted by Crippen LogP contribution is -2.26. The summed E-state index contributed by atoms with van der Waals surface area (Å²) in [5.74, 6) is 2.10. The molecule has 4 unspecified atom stereocenters. The third kappa shape index (κ3) is 5.05. The van der Waals surface area contributed by atoms with E-state index < -0.39 is 0 Å². The van der Waals surface area contributed by atoms with Gasteiger partial charge in [0.2, 0.25) is 5.91 Å². The number of nitrogens with two attached hydrogens (primary N) is 1. The van der Waals surface area contributed by atoms with Gasteiger partial charge in [-0.2, -0.15) is 0 Å². The minimum Gasteiger partial charge on any atom is -0.369 e. The maximum Gasteiger partial charge on any atom is 0.220 e. The van der Waals surface area contributed by atoms with Crippen LogP contribution in [0, 0.1) is 23.7 Å². The van der Waals surface area contributed by atoms with Crippen molar-refractivity contribution in [1.29, 1.82) is 0 Å². The van der Waals surface area contributed by atoms with Crippen LogP contribution in [-0.4, -0.2) is 5.91 Å². The van der Waals surface area contributed by atoms with Gasteiger partial charge < -0.3 is 5.73 Å². The zero-order valence-corrected chi connectivity index (χ0v) is 19.8. The fraction of sp³-hybridized carbons (Fsp3) is 0.633. The Labute approximate surface area is 194 Å². The minimum absolute atomic E-state index is 0.0437. The lowest BCUT2D eigenvalue weighted by molar-refractivity contribution is -0.122. The van der Waals surface area contributed by atoms with Crippen LogP contribution in [0.25, 0.3) is 0 Å². The number of carbonyl (C=O) groups is 1. The summed E-state index contributed by atoms with van der Waals surface area (Å²) in [5, 5.41) is 0. The second-order valence-corrected chi connectivity index (χ2v) is 11.3.